The number of nitrogens with zero attached hydrogens (tertiary/aromatic N) is 5. The fraction of sp³-hybridized carbons (Fsp3) is 0.348. The molecule has 0 unspecified atom stereocenters. The standard InChI is InChI=1S/C23H23N5OS2/c1-14(29)11-22-26-27-23(31-22)19-5-3-16-7-9-28(10-8-18(16)25-19)15(2)17-4-6-21-20(12-17)24-13-30-21/h3-6,12-13,15H,7-11H2,1-2H3/t15-/m0/s1. The molecule has 1 aromatic carbocycles. The minimum atomic E-state index is 0.0979. The first kappa shape index (κ1) is 20.4. The minimum Gasteiger partial charge on any atom is -0.300 e. The van der Waals surface area contributed by atoms with Crippen molar-refractivity contribution in [3.8, 4) is 10.7 Å². The monoisotopic (exact) mass is 449 g/mol. The smallest absolute Gasteiger partial charge is 0.166 e. The largest absolute Gasteiger partial charge is 0.300 e. The number of hydrogen-bond donors (Lipinski definition) is 0. The molecule has 0 fully saturated rings. The van der Waals surface area contributed by atoms with Gasteiger partial charge >= 0.3 is 0 Å². The Balaban J connectivity index is 1.33. The van der Waals surface area contributed by atoms with E-state index in [1.807, 2.05) is 11.6 Å². The predicted molar refractivity (Wildman–Crippen MR) is 125 cm³/mol. The molecule has 0 amide bonds. The highest BCUT2D eigenvalue weighted by molar-refractivity contribution is 7.16. The van der Waals surface area contributed by atoms with Crippen molar-refractivity contribution < 1.29 is 4.79 Å². The van der Waals surface area contributed by atoms with Gasteiger partial charge in [0, 0.05) is 31.2 Å². The number of pyridine rings is 1. The van der Waals surface area contributed by atoms with E-state index in [0.717, 1.165) is 52.9 Å². The molecular weight excluding hydrogens is 426 g/mol. The molecule has 31 heavy (non-hydrogen) atoms. The summed E-state index contributed by atoms with van der Waals surface area (Å²) in [7, 11) is 0. The normalized spacial score (nSPS) is 15.5. The number of benzene rings is 1. The molecular formula is C23H23N5OS2. The fourth-order valence-electron chi connectivity index (χ4n) is 4.09. The van der Waals surface area contributed by atoms with Crippen LogP contribution in [0.25, 0.3) is 20.9 Å². The fourth-order valence-corrected chi connectivity index (χ4v) is 5.63. The maximum atomic E-state index is 11.3. The van der Waals surface area contributed by atoms with Crippen molar-refractivity contribution in [2.24, 2.45) is 0 Å². The third-order valence-corrected chi connectivity index (χ3v) is 7.60. The number of aromatic nitrogens is 4. The van der Waals surface area contributed by atoms with Gasteiger partial charge in [-0.2, -0.15) is 0 Å². The van der Waals surface area contributed by atoms with E-state index in [1.54, 1.807) is 18.3 Å². The van der Waals surface area contributed by atoms with Crippen LogP contribution in [-0.2, 0) is 24.1 Å². The van der Waals surface area contributed by atoms with Crippen LogP contribution < -0.4 is 0 Å². The molecule has 158 valence electrons. The van der Waals surface area contributed by atoms with Crippen LogP contribution in [0.1, 0.15) is 41.7 Å². The quantitative estimate of drug-likeness (QED) is 0.447. The van der Waals surface area contributed by atoms with Crippen LogP contribution in [0.3, 0.4) is 0 Å². The molecule has 6 nitrogen and oxygen atoms in total. The highest BCUT2D eigenvalue weighted by atomic mass is 32.1. The summed E-state index contributed by atoms with van der Waals surface area (Å²) in [5.41, 5.74) is 7.60. The molecule has 0 N–H and O–H groups in total. The van der Waals surface area contributed by atoms with Gasteiger partial charge in [-0.3, -0.25) is 9.69 Å². The average Bonchev–Trinajstić information content (AvgIpc) is 3.37. The Bertz CT molecular complexity index is 1250. The number of rotatable bonds is 5. The van der Waals surface area contributed by atoms with Crippen molar-refractivity contribution in [3.63, 3.8) is 0 Å². The van der Waals surface area contributed by atoms with Gasteiger partial charge in [-0.05, 0) is 49.6 Å². The first-order valence-electron chi connectivity index (χ1n) is 10.4. The Kier molecular flexibility index (Phi) is 5.60. The third kappa shape index (κ3) is 4.28. The van der Waals surface area contributed by atoms with E-state index < -0.39 is 0 Å². The summed E-state index contributed by atoms with van der Waals surface area (Å²) in [6.45, 7) is 5.82. The van der Waals surface area contributed by atoms with E-state index in [-0.39, 0.29) is 5.78 Å². The van der Waals surface area contributed by atoms with Crippen LogP contribution in [0.5, 0.6) is 0 Å². The SMILES string of the molecule is CC(=O)Cc1nnc(-c2ccc3c(n2)CCN([C@@H](C)c2ccc4scnc4c2)CC3)s1. The molecule has 4 aromatic rings. The number of fused-ring (bicyclic) bond motifs is 2. The Hall–Kier alpha value is -2.55. The van der Waals surface area contributed by atoms with E-state index >= 15 is 0 Å². The van der Waals surface area contributed by atoms with Crippen LogP contribution in [0.2, 0.25) is 0 Å². The summed E-state index contributed by atoms with van der Waals surface area (Å²) in [6, 6.07) is 11.2. The van der Waals surface area contributed by atoms with Crippen LogP contribution in [0.15, 0.2) is 35.8 Å². The first-order chi connectivity index (χ1) is 15.1. The molecule has 8 heteroatoms. The Morgan fingerprint density at radius 2 is 2.03 bits per heavy atom. The first-order valence-corrected chi connectivity index (χ1v) is 12.1. The van der Waals surface area contributed by atoms with Crippen molar-refractivity contribution in [1.82, 2.24) is 25.1 Å². The summed E-state index contributed by atoms with van der Waals surface area (Å²) >= 11 is 3.14. The summed E-state index contributed by atoms with van der Waals surface area (Å²) in [4.78, 5) is 23.3. The van der Waals surface area contributed by atoms with Gasteiger partial charge in [-0.15, -0.1) is 21.5 Å². The predicted octanol–water partition coefficient (Wildman–Crippen LogP) is 4.50. The van der Waals surface area contributed by atoms with E-state index in [2.05, 4.69) is 51.3 Å². The molecule has 0 aliphatic carbocycles. The lowest BCUT2D eigenvalue weighted by molar-refractivity contribution is -0.116. The molecule has 0 spiro atoms. The highest BCUT2D eigenvalue weighted by Gasteiger charge is 2.22. The van der Waals surface area contributed by atoms with E-state index in [1.165, 1.54) is 27.2 Å². The second-order valence-corrected chi connectivity index (χ2v) is 9.92. The molecule has 1 atom stereocenters. The zero-order valence-corrected chi connectivity index (χ0v) is 19.2. The number of ketones is 1. The maximum Gasteiger partial charge on any atom is 0.166 e. The van der Waals surface area contributed by atoms with Gasteiger partial charge in [-0.25, -0.2) is 9.97 Å². The minimum absolute atomic E-state index is 0.0979. The summed E-state index contributed by atoms with van der Waals surface area (Å²) in [5, 5.41) is 9.93. The zero-order chi connectivity index (χ0) is 21.4. The highest BCUT2D eigenvalue weighted by Crippen LogP contribution is 2.29. The molecule has 5 rings (SSSR count). The molecule has 1 aliphatic rings. The molecule has 0 saturated carbocycles. The van der Waals surface area contributed by atoms with Crippen LogP contribution in [0, 0.1) is 0 Å². The second kappa shape index (κ2) is 8.53. The molecule has 4 heterocycles. The zero-order valence-electron chi connectivity index (χ0n) is 17.5. The van der Waals surface area contributed by atoms with Crippen molar-refractivity contribution in [3.05, 3.63) is 57.7 Å². The van der Waals surface area contributed by atoms with Gasteiger partial charge in [0.15, 0.2) is 5.01 Å². The number of hydrogen-bond acceptors (Lipinski definition) is 8. The molecule has 0 saturated heterocycles. The molecule has 1 aliphatic heterocycles. The van der Waals surface area contributed by atoms with Crippen molar-refractivity contribution in [2.75, 3.05) is 13.1 Å². The average molecular weight is 450 g/mol. The van der Waals surface area contributed by atoms with Gasteiger partial charge in [0.2, 0.25) is 0 Å². The van der Waals surface area contributed by atoms with Gasteiger partial charge in [0.25, 0.3) is 0 Å². The van der Waals surface area contributed by atoms with E-state index in [4.69, 9.17) is 4.98 Å². The molecule has 0 bridgehead atoms. The maximum absolute atomic E-state index is 11.3. The van der Waals surface area contributed by atoms with Gasteiger partial charge in [0.05, 0.1) is 22.1 Å². The summed E-state index contributed by atoms with van der Waals surface area (Å²) in [6.07, 6.45) is 2.23. The van der Waals surface area contributed by atoms with E-state index in [9.17, 15) is 4.79 Å². The lowest BCUT2D eigenvalue weighted by atomic mass is 10.1. The second-order valence-electron chi connectivity index (χ2n) is 7.97. The van der Waals surface area contributed by atoms with Crippen molar-refractivity contribution >= 4 is 38.7 Å². The molecule has 0 radical (unpaired) electrons. The van der Waals surface area contributed by atoms with Crippen molar-refractivity contribution in [2.45, 2.75) is 39.2 Å². The Labute approximate surface area is 189 Å². The number of carbonyl (C=O) groups is 1. The number of carbonyl (C=O) groups excluding carboxylic acids is 1. The lowest BCUT2D eigenvalue weighted by Crippen LogP contribution is -2.29. The van der Waals surface area contributed by atoms with Gasteiger partial charge < -0.3 is 0 Å². The number of thiazole rings is 1. The molecule has 3 aromatic heterocycles. The lowest BCUT2D eigenvalue weighted by Gasteiger charge is -2.27. The number of Topliss-reactive ketones (excluding diaryl/α,β-unsaturated/α-hetero) is 1. The van der Waals surface area contributed by atoms with Crippen LogP contribution in [0.4, 0.5) is 0 Å². The van der Waals surface area contributed by atoms with E-state index in [0.29, 0.717) is 12.5 Å². The van der Waals surface area contributed by atoms with Crippen LogP contribution >= 0.6 is 22.7 Å². The third-order valence-electron chi connectivity index (χ3n) is 5.84. The van der Waals surface area contributed by atoms with Gasteiger partial charge in [-0.1, -0.05) is 23.5 Å². The topological polar surface area (TPSA) is 71.9 Å². The van der Waals surface area contributed by atoms with Gasteiger partial charge in [0.1, 0.15) is 16.5 Å². The summed E-state index contributed by atoms with van der Waals surface area (Å²) < 4.78 is 1.24. The Morgan fingerprint density at radius 1 is 1.16 bits per heavy atom. The van der Waals surface area contributed by atoms with Crippen LogP contribution in [-0.4, -0.2) is 43.9 Å². The van der Waals surface area contributed by atoms with Crippen molar-refractivity contribution in [1.29, 1.82) is 0 Å². The Morgan fingerprint density at radius 3 is 2.90 bits per heavy atom. The summed E-state index contributed by atoms with van der Waals surface area (Å²) in [5.74, 6) is 0.0979.